The Morgan fingerprint density at radius 3 is 2.91 bits per heavy atom. The molecule has 0 fully saturated rings. The number of nitrogens with one attached hydrogen (secondary N) is 2. The van der Waals surface area contributed by atoms with Crippen molar-refractivity contribution in [3.8, 4) is 5.69 Å². The third-order valence-corrected chi connectivity index (χ3v) is 6.86. The van der Waals surface area contributed by atoms with Gasteiger partial charge >= 0.3 is 0 Å². The summed E-state index contributed by atoms with van der Waals surface area (Å²) in [5.41, 5.74) is 3.35. The summed E-state index contributed by atoms with van der Waals surface area (Å²) in [6.45, 7) is 12.4. The minimum Gasteiger partial charge on any atom is -0.316 e. The molecule has 9 heteroatoms. The van der Waals surface area contributed by atoms with Gasteiger partial charge in [-0.25, -0.2) is 14.3 Å². The molecular formula is C24H27N7OS. The van der Waals surface area contributed by atoms with Crippen LogP contribution in [0.15, 0.2) is 48.0 Å². The molecule has 0 radical (unpaired) electrons. The first-order valence-corrected chi connectivity index (χ1v) is 11.8. The Morgan fingerprint density at radius 2 is 2.15 bits per heavy atom. The number of pyridine rings is 1. The van der Waals surface area contributed by atoms with Crippen LogP contribution in [0.25, 0.3) is 16.7 Å². The number of fused-ring (bicyclic) bond motifs is 2. The molecule has 170 valence electrons. The quantitative estimate of drug-likeness (QED) is 0.438. The van der Waals surface area contributed by atoms with Crippen LogP contribution in [0.5, 0.6) is 0 Å². The van der Waals surface area contributed by atoms with Gasteiger partial charge in [-0.3, -0.25) is 9.78 Å². The van der Waals surface area contributed by atoms with Gasteiger partial charge in [0.15, 0.2) is 5.65 Å². The monoisotopic (exact) mass is 461 g/mol. The molecule has 33 heavy (non-hydrogen) atoms. The Bertz CT molecular complexity index is 1380. The lowest BCUT2D eigenvalue weighted by molar-refractivity contribution is 0.563. The van der Waals surface area contributed by atoms with Gasteiger partial charge in [-0.2, -0.15) is 4.98 Å². The maximum atomic E-state index is 13.2. The number of allylic oxidation sites excluding steroid dienone is 1. The van der Waals surface area contributed by atoms with Crippen molar-refractivity contribution in [3.05, 3.63) is 69.7 Å². The van der Waals surface area contributed by atoms with Crippen LogP contribution in [0.3, 0.4) is 0 Å². The molecule has 1 aliphatic heterocycles. The molecule has 5 heterocycles. The van der Waals surface area contributed by atoms with Crippen molar-refractivity contribution in [2.24, 2.45) is 0 Å². The number of thiophene rings is 1. The zero-order valence-corrected chi connectivity index (χ0v) is 19.9. The molecule has 0 unspecified atom stereocenters. The Kier molecular flexibility index (Phi) is 5.38. The predicted octanol–water partition coefficient (Wildman–Crippen LogP) is 3.91. The van der Waals surface area contributed by atoms with E-state index in [0.29, 0.717) is 23.5 Å². The number of aromatic nitrogens is 5. The van der Waals surface area contributed by atoms with Crippen LogP contribution in [-0.2, 0) is 24.9 Å². The smallest absolute Gasteiger partial charge is 0.278 e. The normalized spacial score (nSPS) is 13.8. The summed E-state index contributed by atoms with van der Waals surface area (Å²) in [7, 11) is 0. The summed E-state index contributed by atoms with van der Waals surface area (Å²) >= 11 is 1.73. The zero-order chi connectivity index (χ0) is 23.2. The van der Waals surface area contributed by atoms with Gasteiger partial charge in [0.05, 0.1) is 17.2 Å². The van der Waals surface area contributed by atoms with Gasteiger partial charge in [0.2, 0.25) is 5.95 Å². The summed E-state index contributed by atoms with van der Waals surface area (Å²) in [4.78, 5) is 28.3. The Hall–Kier alpha value is -3.30. The summed E-state index contributed by atoms with van der Waals surface area (Å²) < 4.78 is 3.47. The second-order valence-electron chi connectivity index (χ2n) is 9.18. The maximum Gasteiger partial charge on any atom is 0.278 e. The van der Waals surface area contributed by atoms with E-state index in [4.69, 9.17) is 4.98 Å². The second-order valence-corrected chi connectivity index (χ2v) is 10.3. The number of nitrogens with zero attached hydrogens (tertiary/aromatic N) is 5. The van der Waals surface area contributed by atoms with Gasteiger partial charge < -0.3 is 10.6 Å². The minimum absolute atomic E-state index is 0.128. The second kappa shape index (κ2) is 8.24. The van der Waals surface area contributed by atoms with E-state index in [1.54, 1.807) is 34.5 Å². The van der Waals surface area contributed by atoms with E-state index in [1.807, 2.05) is 16.8 Å². The molecule has 0 bridgehead atoms. The molecule has 2 N–H and O–H groups in total. The molecule has 1 aliphatic rings. The van der Waals surface area contributed by atoms with Gasteiger partial charge in [-0.15, -0.1) is 17.9 Å². The highest BCUT2D eigenvalue weighted by Crippen LogP contribution is 2.31. The van der Waals surface area contributed by atoms with E-state index in [9.17, 15) is 4.79 Å². The molecule has 4 aromatic heterocycles. The van der Waals surface area contributed by atoms with Crippen LogP contribution in [0.2, 0.25) is 0 Å². The fourth-order valence-corrected chi connectivity index (χ4v) is 5.10. The van der Waals surface area contributed by atoms with Crippen LogP contribution in [-0.4, -0.2) is 30.9 Å². The standard InChI is InChI=1S/C24H27N7OS/c1-5-10-30-22(32)17-14-27-23(28-20-11-15-13-25-8-7-18(15)33-20)29-21(17)31(30)16-6-9-26-19(12-16)24(2,3)4/h5-6,9,11-12,14,25H,1,7-8,10,13H2,2-4H3,(H,27,28,29). The predicted molar refractivity (Wildman–Crippen MR) is 133 cm³/mol. The number of rotatable bonds is 5. The number of hydrogen-bond donors (Lipinski definition) is 2. The van der Waals surface area contributed by atoms with Crippen LogP contribution in [0.1, 0.15) is 36.9 Å². The molecule has 0 atom stereocenters. The maximum absolute atomic E-state index is 13.2. The van der Waals surface area contributed by atoms with E-state index in [0.717, 1.165) is 35.9 Å². The zero-order valence-electron chi connectivity index (χ0n) is 19.1. The van der Waals surface area contributed by atoms with Crippen molar-refractivity contribution in [2.45, 2.75) is 45.7 Å². The molecule has 8 nitrogen and oxygen atoms in total. The Labute approximate surface area is 196 Å². The lowest BCUT2D eigenvalue weighted by Gasteiger charge is -2.19. The molecule has 0 saturated carbocycles. The van der Waals surface area contributed by atoms with Crippen LogP contribution >= 0.6 is 11.3 Å². The molecule has 4 aromatic rings. The van der Waals surface area contributed by atoms with E-state index in [2.05, 4.69) is 54.0 Å². The van der Waals surface area contributed by atoms with Gasteiger partial charge in [0.25, 0.3) is 5.56 Å². The first kappa shape index (κ1) is 21.5. The van der Waals surface area contributed by atoms with Crippen LogP contribution in [0.4, 0.5) is 10.9 Å². The fourth-order valence-electron chi connectivity index (χ4n) is 4.02. The van der Waals surface area contributed by atoms with Crippen LogP contribution < -0.4 is 16.2 Å². The molecule has 0 saturated heterocycles. The van der Waals surface area contributed by atoms with Gasteiger partial charge in [-0.1, -0.05) is 26.8 Å². The van der Waals surface area contributed by atoms with Gasteiger partial charge in [0, 0.05) is 41.5 Å². The fraction of sp³-hybridized carbons (Fsp3) is 0.333. The largest absolute Gasteiger partial charge is 0.316 e. The van der Waals surface area contributed by atoms with Gasteiger partial charge in [0.1, 0.15) is 5.39 Å². The Morgan fingerprint density at radius 1 is 1.30 bits per heavy atom. The third kappa shape index (κ3) is 3.98. The lowest BCUT2D eigenvalue weighted by Crippen LogP contribution is -2.22. The first-order valence-electron chi connectivity index (χ1n) is 11.0. The SMILES string of the molecule is C=CCn1c(=O)c2cnc(Nc3cc4c(s3)CCNC4)nc2n1-c1ccnc(C(C)(C)C)c1. The summed E-state index contributed by atoms with van der Waals surface area (Å²) in [6, 6.07) is 6.05. The Balaban J connectivity index is 1.63. The highest BCUT2D eigenvalue weighted by atomic mass is 32.1. The molecule has 0 amide bonds. The molecular weight excluding hydrogens is 434 g/mol. The lowest BCUT2D eigenvalue weighted by atomic mass is 9.91. The van der Waals surface area contributed by atoms with Crippen molar-refractivity contribution in [1.29, 1.82) is 0 Å². The van der Waals surface area contributed by atoms with E-state index in [1.165, 1.54) is 10.4 Å². The highest BCUT2D eigenvalue weighted by Gasteiger charge is 2.21. The minimum atomic E-state index is -0.150. The van der Waals surface area contributed by atoms with Gasteiger partial charge in [-0.05, 0) is 30.2 Å². The summed E-state index contributed by atoms with van der Waals surface area (Å²) in [5, 5.41) is 8.20. The molecule has 0 spiro atoms. The van der Waals surface area contributed by atoms with E-state index in [-0.39, 0.29) is 11.0 Å². The van der Waals surface area contributed by atoms with Crippen LogP contribution in [0, 0.1) is 0 Å². The summed E-state index contributed by atoms with van der Waals surface area (Å²) in [6.07, 6.45) is 6.11. The van der Waals surface area contributed by atoms with E-state index >= 15 is 0 Å². The van der Waals surface area contributed by atoms with Crippen molar-refractivity contribution in [2.75, 3.05) is 11.9 Å². The summed E-state index contributed by atoms with van der Waals surface area (Å²) in [5.74, 6) is 0.462. The third-order valence-electron chi connectivity index (χ3n) is 5.71. The highest BCUT2D eigenvalue weighted by molar-refractivity contribution is 7.16. The van der Waals surface area contributed by atoms with E-state index < -0.39 is 0 Å². The van der Waals surface area contributed by atoms with Crippen molar-refractivity contribution < 1.29 is 0 Å². The number of anilines is 2. The molecule has 0 aromatic carbocycles. The topological polar surface area (TPSA) is 89.7 Å². The number of hydrogen-bond acceptors (Lipinski definition) is 7. The van der Waals surface area contributed by atoms with Crippen molar-refractivity contribution in [3.63, 3.8) is 0 Å². The average molecular weight is 462 g/mol. The molecule has 5 rings (SSSR count). The average Bonchev–Trinajstić information content (AvgIpc) is 3.32. The molecule has 0 aliphatic carbocycles. The first-order chi connectivity index (χ1) is 15.8. The van der Waals surface area contributed by atoms with Crippen molar-refractivity contribution >= 4 is 33.3 Å². The van der Waals surface area contributed by atoms with Crippen molar-refractivity contribution in [1.82, 2.24) is 29.6 Å².